The highest BCUT2D eigenvalue weighted by molar-refractivity contribution is 7.90. The van der Waals surface area contributed by atoms with Crippen LogP contribution in [0.1, 0.15) is 18.4 Å². The molecule has 1 aromatic heterocycles. The lowest BCUT2D eigenvalue weighted by Crippen LogP contribution is -2.15. The Labute approximate surface area is 172 Å². The fourth-order valence-corrected chi connectivity index (χ4v) is 3.98. The minimum Gasteiger partial charge on any atom is -0.305 e. The molecule has 3 rings (SSSR count). The predicted molar refractivity (Wildman–Crippen MR) is 107 cm³/mol. The molecule has 0 aliphatic heterocycles. The van der Waals surface area contributed by atoms with Crippen molar-refractivity contribution in [2.45, 2.75) is 36.6 Å². The number of sulfone groups is 1. The highest BCUT2D eigenvalue weighted by Gasteiger charge is 2.34. The van der Waals surface area contributed by atoms with Gasteiger partial charge in [-0.25, -0.2) is 21.6 Å². The number of anilines is 1. The molecule has 30 heavy (non-hydrogen) atoms. The van der Waals surface area contributed by atoms with Crippen molar-refractivity contribution in [1.82, 2.24) is 9.78 Å². The molecule has 10 heteroatoms. The molecule has 0 bridgehead atoms. The number of amides is 1. The van der Waals surface area contributed by atoms with Crippen LogP contribution in [0.2, 0.25) is 0 Å². The van der Waals surface area contributed by atoms with E-state index >= 15 is 0 Å². The van der Waals surface area contributed by atoms with Crippen LogP contribution in [0.3, 0.4) is 0 Å². The molecule has 1 aliphatic rings. The Morgan fingerprint density at radius 2 is 1.83 bits per heavy atom. The summed E-state index contributed by atoms with van der Waals surface area (Å²) in [5.41, 5.74) is 0.558. The van der Waals surface area contributed by atoms with Crippen LogP contribution in [0.4, 0.5) is 19.0 Å². The first-order valence-electron chi connectivity index (χ1n) is 9.38. The number of aryl methyl sites for hydroxylation is 1. The molecule has 1 saturated carbocycles. The number of halogens is 3. The first kappa shape index (κ1) is 22.1. The van der Waals surface area contributed by atoms with Crippen LogP contribution in [-0.2, 0) is 21.2 Å². The molecule has 0 radical (unpaired) electrons. The molecule has 1 fully saturated rings. The van der Waals surface area contributed by atoms with Crippen molar-refractivity contribution >= 4 is 27.1 Å². The van der Waals surface area contributed by atoms with Crippen LogP contribution in [0.25, 0.3) is 5.57 Å². The van der Waals surface area contributed by atoms with Crippen molar-refractivity contribution in [1.29, 1.82) is 0 Å². The molecule has 2 aromatic rings. The van der Waals surface area contributed by atoms with E-state index < -0.39 is 40.7 Å². The molecule has 1 heterocycles. The quantitative estimate of drug-likeness (QED) is 0.668. The lowest BCUT2D eigenvalue weighted by molar-refractivity contribution is -0.111. The number of allylic oxidation sites excluding steroid dienone is 1. The molecular weight excluding hydrogens is 419 g/mol. The van der Waals surface area contributed by atoms with Gasteiger partial charge in [-0.05, 0) is 36.5 Å². The summed E-state index contributed by atoms with van der Waals surface area (Å²) >= 11 is 0. The van der Waals surface area contributed by atoms with Gasteiger partial charge in [-0.1, -0.05) is 18.2 Å². The van der Waals surface area contributed by atoms with Gasteiger partial charge in [0.2, 0.25) is 0 Å². The molecule has 1 amide bonds. The molecule has 6 nitrogen and oxygen atoms in total. The summed E-state index contributed by atoms with van der Waals surface area (Å²) in [4.78, 5) is 13.0. The zero-order chi connectivity index (χ0) is 21.9. The smallest absolute Gasteiger partial charge is 0.257 e. The van der Waals surface area contributed by atoms with E-state index in [4.69, 9.17) is 0 Å². The number of nitrogens with one attached hydrogen (secondary N) is 1. The number of nitrogens with zero attached hydrogens (tertiary/aromatic N) is 2. The van der Waals surface area contributed by atoms with E-state index in [9.17, 15) is 26.4 Å². The number of alkyl halides is 3. The fraction of sp³-hybridized carbons (Fsp3) is 0.400. The van der Waals surface area contributed by atoms with Gasteiger partial charge in [-0.15, -0.1) is 0 Å². The van der Waals surface area contributed by atoms with Crippen molar-refractivity contribution in [3.63, 3.8) is 0 Å². The Balaban J connectivity index is 1.89. The summed E-state index contributed by atoms with van der Waals surface area (Å²) in [6, 6.07) is 7.18. The number of hydrogen-bond acceptors (Lipinski definition) is 4. The molecule has 1 N–H and O–H groups in total. The minimum absolute atomic E-state index is 0.0372. The second-order valence-corrected chi connectivity index (χ2v) is 9.26. The molecule has 3 atom stereocenters. The second-order valence-electron chi connectivity index (χ2n) is 7.25. The molecule has 1 unspecified atom stereocenters. The van der Waals surface area contributed by atoms with E-state index in [-0.39, 0.29) is 35.7 Å². The maximum atomic E-state index is 13.6. The zero-order valence-corrected chi connectivity index (χ0v) is 17.1. The standard InChI is InChI=1S/C20H22F3N3O3S/c1-30(28,29)15-4-2-14(3-5-15)16(10-13-11-17(22)18(23)12-13)20(27)24-19-6-8-26(25-19)9-7-21/h2-6,8,10,13,17-18H,7,9,11-12H2,1H3,(H,24,25,27)/b16-10+/t13?,17-,18+. The van der Waals surface area contributed by atoms with Crippen molar-refractivity contribution in [2.24, 2.45) is 5.92 Å². The van der Waals surface area contributed by atoms with E-state index in [0.717, 1.165) is 6.26 Å². The van der Waals surface area contributed by atoms with Gasteiger partial charge in [0.1, 0.15) is 19.0 Å². The van der Waals surface area contributed by atoms with Gasteiger partial charge in [0.05, 0.1) is 11.4 Å². The summed E-state index contributed by atoms with van der Waals surface area (Å²) in [6.45, 7) is -0.563. The number of aromatic nitrogens is 2. The average Bonchev–Trinajstić information content (AvgIpc) is 3.25. The van der Waals surface area contributed by atoms with E-state index in [2.05, 4.69) is 10.4 Å². The number of carbonyl (C=O) groups excluding carboxylic acids is 1. The topological polar surface area (TPSA) is 81.1 Å². The van der Waals surface area contributed by atoms with E-state index in [1.54, 1.807) is 0 Å². The largest absolute Gasteiger partial charge is 0.305 e. The maximum Gasteiger partial charge on any atom is 0.257 e. The van der Waals surface area contributed by atoms with E-state index in [1.165, 1.54) is 47.3 Å². The van der Waals surface area contributed by atoms with Crippen molar-refractivity contribution in [2.75, 3.05) is 18.2 Å². The number of carbonyl (C=O) groups is 1. The number of hydrogen-bond donors (Lipinski definition) is 1. The summed E-state index contributed by atoms with van der Waals surface area (Å²) in [7, 11) is -3.42. The minimum atomic E-state index is -3.42. The Morgan fingerprint density at radius 3 is 2.40 bits per heavy atom. The molecular formula is C20H22F3N3O3S. The SMILES string of the molecule is CS(=O)(=O)c1ccc(/C(=C\C2C[C@@H](F)[C@@H](F)C2)C(=O)Nc2ccn(CCF)n2)cc1. The van der Waals surface area contributed by atoms with Crippen LogP contribution < -0.4 is 5.32 Å². The number of rotatable bonds is 7. The normalized spacial score (nSPS) is 22.3. The molecule has 162 valence electrons. The van der Waals surface area contributed by atoms with Crippen LogP contribution in [0.5, 0.6) is 0 Å². The van der Waals surface area contributed by atoms with Crippen LogP contribution >= 0.6 is 0 Å². The monoisotopic (exact) mass is 441 g/mol. The Kier molecular flexibility index (Phi) is 6.64. The average molecular weight is 441 g/mol. The lowest BCUT2D eigenvalue weighted by atomic mass is 9.98. The molecule has 0 spiro atoms. The molecule has 1 aliphatic carbocycles. The van der Waals surface area contributed by atoms with E-state index in [0.29, 0.717) is 5.56 Å². The van der Waals surface area contributed by atoms with Crippen LogP contribution in [0.15, 0.2) is 47.5 Å². The molecule has 0 saturated heterocycles. The second kappa shape index (κ2) is 9.03. The number of benzene rings is 1. The van der Waals surface area contributed by atoms with Gasteiger partial charge >= 0.3 is 0 Å². The molecule has 1 aromatic carbocycles. The van der Waals surface area contributed by atoms with Gasteiger partial charge < -0.3 is 5.32 Å². The van der Waals surface area contributed by atoms with Crippen LogP contribution in [-0.4, -0.2) is 49.4 Å². The van der Waals surface area contributed by atoms with Gasteiger partial charge in [-0.3, -0.25) is 9.48 Å². The Hall–Kier alpha value is -2.62. The third kappa shape index (κ3) is 5.29. The third-order valence-corrected chi connectivity index (χ3v) is 6.01. The van der Waals surface area contributed by atoms with Gasteiger partial charge in [-0.2, -0.15) is 5.10 Å². The summed E-state index contributed by atoms with van der Waals surface area (Å²) in [5.74, 6) is -0.843. The highest BCUT2D eigenvalue weighted by atomic mass is 32.2. The third-order valence-electron chi connectivity index (χ3n) is 4.88. The van der Waals surface area contributed by atoms with Gasteiger partial charge in [0.15, 0.2) is 15.7 Å². The summed E-state index contributed by atoms with van der Waals surface area (Å²) in [6.07, 6.45) is 0.849. The van der Waals surface area contributed by atoms with Gasteiger partial charge in [0.25, 0.3) is 5.91 Å². The first-order chi connectivity index (χ1) is 14.2. The van der Waals surface area contributed by atoms with Crippen LogP contribution in [0, 0.1) is 5.92 Å². The summed E-state index contributed by atoms with van der Waals surface area (Å²) in [5, 5.41) is 6.63. The zero-order valence-electron chi connectivity index (χ0n) is 16.3. The van der Waals surface area contributed by atoms with Crippen molar-refractivity contribution in [3.8, 4) is 0 Å². The van der Waals surface area contributed by atoms with Crippen molar-refractivity contribution < 1.29 is 26.4 Å². The predicted octanol–water partition coefficient (Wildman–Crippen LogP) is 3.36. The highest BCUT2D eigenvalue weighted by Crippen LogP contribution is 2.34. The first-order valence-corrected chi connectivity index (χ1v) is 11.3. The Bertz CT molecular complexity index is 1030. The summed E-state index contributed by atoms with van der Waals surface area (Å²) < 4.78 is 64.4. The Morgan fingerprint density at radius 1 is 1.20 bits per heavy atom. The lowest BCUT2D eigenvalue weighted by Gasteiger charge is -2.11. The van der Waals surface area contributed by atoms with E-state index in [1.807, 2.05) is 0 Å². The van der Waals surface area contributed by atoms with Gasteiger partial charge in [0, 0.05) is 24.1 Å². The van der Waals surface area contributed by atoms with Crippen molar-refractivity contribution in [3.05, 3.63) is 48.2 Å². The maximum absolute atomic E-state index is 13.6. The fourth-order valence-electron chi connectivity index (χ4n) is 3.35.